The molecule has 1 aliphatic rings. The minimum absolute atomic E-state index is 0.00516. The van der Waals surface area contributed by atoms with Crippen LogP contribution in [0, 0.1) is 5.92 Å². The van der Waals surface area contributed by atoms with Crippen molar-refractivity contribution in [2.45, 2.75) is 43.8 Å². The number of nitrogens with one attached hydrogen (secondary N) is 1. The smallest absolute Gasteiger partial charge is 0.233 e. The Morgan fingerprint density at radius 2 is 2.12 bits per heavy atom. The zero-order chi connectivity index (χ0) is 18.5. The van der Waals surface area contributed by atoms with Gasteiger partial charge in [-0.15, -0.1) is 11.3 Å². The van der Waals surface area contributed by atoms with E-state index in [0.717, 1.165) is 29.3 Å². The number of carbonyl (C=O) groups is 1. The van der Waals surface area contributed by atoms with Crippen LogP contribution in [-0.4, -0.2) is 19.3 Å². The lowest BCUT2D eigenvalue weighted by molar-refractivity contribution is -0.118. The van der Waals surface area contributed by atoms with Gasteiger partial charge >= 0.3 is 0 Å². The SMILES string of the molecule is O=C(Nc1nccs1)C(CC1CCCC1)c1ccc(C[SH](=O)=O)c(Br)c1. The van der Waals surface area contributed by atoms with Crippen LogP contribution in [-0.2, 0) is 21.3 Å². The van der Waals surface area contributed by atoms with Gasteiger partial charge < -0.3 is 5.32 Å². The summed E-state index contributed by atoms with van der Waals surface area (Å²) in [5.74, 6) is 0.223. The molecule has 0 saturated heterocycles. The van der Waals surface area contributed by atoms with E-state index in [4.69, 9.17) is 0 Å². The second-order valence-corrected chi connectivity index (χ2v) is 9.34. The number of anilines is 1. The molecule has 1 aromatic heterocycles. The highest BCUT2D eigenvalue weighted by atomic mass is 79.9. The standard InChI is InChI=1S/C18H21BrN2O3S2/c19-16-10-13(5-6-14(16)11-26(23)24)15(9-12-3-1-2-4-12)17(22)21-18-20-7-8-25-18/h5-8,10,12,15,26H,1-4,9,11H2,(H,20,21,22). The summed E-state index contributed by atoms with van der Waals surface area (Å²) in [5.41, 5.74) is 1.62. The van der Waals surface area contributed by atoms with E-state index >= 15 is 0 Å². The van der Waals surface area contributed by atoms with Crippen molar-refractivity contribution in [3.8, 4) is 0 Å². The fourth-order valence-electron chi connectivity index (χ4n) is 3.50. The number of aromatic nitrogens is 1. The Balaban J connectivity index is 1.83. The highest BCUT2D eigenvalue weighted by molar-refractivity contribution is 9.10. The molecule has 26 heavy (non-hydrogen) atoms. The molecule has 140 valence electrons. The Morgan fingerprint density at radius 1 is 1.35 bits per heavy atom. The first-order valence-corrected chi connectivity index (χ1v) is 11.7. The third-order valence-electron chi connectivity index (χ3n) is 4.80. The van der Waals surface area contributed by atoms with E-state index in [9.17, 15) is 13.2 Å². The Kier molecular flexibility index (Phi) is 6.83. The van der Waals surface area contributed by atoms with Gasteiger partial charge in [0.15, 0.2) is 5.13 Å². The van der Waals surface area contributed by atoms with Gasteiger partial charge in [0, 0.05) is 16.0 Å². The van der Waals surface area contributed by atoms with Crippen LogP contribution in [0.4, 0.5) is 5.13 Å². The molecular formula is C18H21BrN2O3S2. The van der Waals surface area contributed by atoms with Gasteiger partial charge in [0.25, 0.3) is 0 Å². The fraction of sp³-hybridized carbons (Fsp3) is 0.444. The number of thiazole rings is 1. The first-order valence-electron chi connectivity index (χ1n) is 8.63. The zero-order valence-corrected chi connectivity index (χ0v) is 17.5. The van der Waals surface area contributed by atoms with Gasteiger partial charge in [-0.05, 0) is 29.5 Å². The number of amides is 1. The van der Waals surface area contributed by atoms with Crippen LogP contribution in [0.5, 0.6) is 0 Å². The maximum atomic E-state index is 12.9. The number of halogens is 1. The molecule has 1 aliphatic carbocycles. The molecule has 0 aliphatic heterocycles. The lowest BCUT2D eigenvalue weighted by Gasteiger charge is -2.21. The van der Waals surface area contributed by atoms with Crippen molar-refractivity contribution < 1.29 is 13.2 Å². The minimum Gasteiger partial charge on any atom is -0.301 e. The topological polar surface area (TPSA) is 76.1 Å². The number of thiol groups is 1. The van der Waals surface area contributed by atoms with Crippen LogP contribution >= 0.6 is 27.3 Å². The Labute approximate surface area is 167 Å². The van der Waals surface area contributed by atoms with Crippen LogP contribution in [0.25, 0.3) is 0 Å². The first-order chi connectivity index (χ1) is 12.5. The molecule has 1 unspecified atom stereocenters. The van der Waals surface area contributed by atoms with E-state index in [2.05, 4.69) is 26.2 Å². The van der Waals surface area contributed by atoms with Crippen LogP contribution < -0.4 is 5.32 Å². The van der Waals surface area contributed by atoms with Crippen molar-refractivity contribution in [1.82, 2.24) is 4.98 Å². The summed E-state index contributed by atoms with van der Waals surface area (Å²) in [7, 11) is -2.49. The van der Waals surface area contributed by atoms with Crippen LogP contribution in [0.15, 0.2) is 34.2 Å². The van der Waals surface area contributed by atoms with Gasteiger partial charge in [0.05, 0.1) is 11.7 Å². The quantitative estimate of drug-likeness (QED) is 0.608. The number of rotatable bonds is 7. The zero-order valence-electron chi connectivity index (χ0n) is 14.2. The predicted molar refractivity (Wildman–Crippen MR) is 108 cm³/mol. The molecule has 1 amide bonds. The average molecular weight is 457 g/mol. The normalized spacial score (nSPS) is 16.1. The van der Waals surface area contributed by atoms with Gasteiger partial charge in [-0.1, -0.05) is 53.7 Å². The van der Waals surface area contributed by atoms with Crippen LogP contribution in [0.3, 0.4) is 0 Å². The summed E-state index contributed by atoms with van der Waals surface area (Å²) in [6.07, 6.45) is 7.25. The third-order valence-corrected chi connectivity index (χ3v) is 6.83. The van der Waals surface area contributed by atoms with Gasteiger partial charge in [-0.2, -0.15) is 0 Å². The van der Waals surface area contributed by atoms with Crippen molar-refractivity contribution in [2.24, 2.45) is 5.92 Å². The molecule has 0 spiro atoms. The number of carbonyl (C=O) groups excluding carboxylic acids is 1. The second kappa shape index (κ2) is 9.10. The lowest BCUT2D eigenvalue weighted by Crippen LogP contribution is -2.23. The molecule has 1 N–H and O–H groups in total. The van der Waals surface area contributed by atoms with E-state index < -0.39 is 10.7 Å². The maximum absolute atomic E-state index is 12.9. The Bertz CT molecular complexity index is 823. The molecule has 1 atom stereocenters. The van der Waals surface area contributed by atoms with E-state index in [1.807, 2.05) is 17.5 Å². The summed E-state index contributed by atoms with van der Waals surface area (Å²) in [6, 6.07) is 5.55. The van der Waals surface area contributed by atoms with E-state index in [-0.39, 0.29) is 17.6 Å². The number of nitrogens with zero attached hydrogens (tertiary/aromatic N) is 1. The number of benzene rings is 1. The molecule has 0 bridgehead atoms. The Morgan fingerprint density at radius 3 is 2.73 bits per heavy atom. The molecule has 0 radical (unpaired) electrons. The monoisotopic (exact) mass is 456 g/mol. The van der Waals surface area contributed by atoms with Crippen molar-refractivity contribution in [3.63, 3.8) is 0 Å². The summed E-state index contributed by atoms with van der Waals surface area (Å²) in [6.45, 7) is 0. The molecule has 1 heterocycles. The molecule has 1 aromatic carbocycles. The summed E-state index contributed by atoms with van der Waals surface area (Å²) >= 11 is 4.86. The Hall–Kier alpha value is -1.25. The predicted octanol–water partition coefficient (Wildman–Crippen LogP) is 4.32. The van der Waals surface area contributed by atoms with Gasteiger partial charge in [0.1, 0.15) is 10.7 Å². The van der Waals surface area contributed by atoms with Gasteiger partial charge in [0.2, 0.25) is 5.91 Å². The summed E-state index contributed by atoms with van der Waals surface area (Å²) in [4.78, 5) is 17.1. The first kappa shape index (κ1) is 19.5. The summed E-state index contributed by atoms with van der Waals surface area (Å²) in [5, 5.41) is 5.35. The van der Waals surface area contributed by atoms with Gasteiger partial charge in [-0.25, -0.2) is 13.4 Å². The van der Waals surface area contributed by atoms with Gasteiger partial charge in [-0.3, -0.25) is 4.79 Å². The molecule has 8 heteroatoms. The third kappa shape index (κ3) is 5.14. The molecule has 2 aromatic rings. The largest absolute Gasteiger partial charge is 0.301 e. The van der Waals surface area contributed by atoms with Crippen molar-refractivity contribution >= 4 is 49.0 Å². The average Bonchev–Trinajstić information content (AvgIpc) is 3.28. The van der Waals surface area contributed by atoms with E-state index in [1.165, 1.54) is 24.2 Å². The second-order valence-electron chi connectivity index (χ2n) is 6.61. The highest BCUT2D eigenvalue weighted by Gasteiger charge is 2.27. The molecule has 5 nitrogen and oxygen atoms in total. The number of hydrogen-bond donors (Lipinski definition) is 2. The number of hydrogen-bond acceptors (Lipinski definition) is 5. The molecule has 1 saturated carbocycles. The minimum atomic E-state index is -2.49. The lowest BCUT2D eigenvalue weighted by atomic mass is 9.87. The van der Waals surface area contributed by atoms with Crippen molar-refractivity contribution in [1.29, 1.82) is 0 Å². The van der Waals surface area contributed by atoms with Crippen molar-refractivity contribution in [2.75, 3.05) is 5.32 Å². The van der Waals surface area contributed by atoms with E-state index in [0.29, 0.717) is 16.6 Å². The van der Waals surface area contributed by atoms with Crippen LogP contribution in [0.1, 0.15) is 49.1 Å². The molecule has 3 rings (SSSR count). The molecule has 1 fully saturated rings. The fourth-order valence-corrected chi connectivity index (χ4v) is 5.34. The van der Waals surface area contributed by atoms with Crippen LogP contribution in [0.2, 0.25) is 0 Å². The van der Waals surface area contributed by atoms with Crippen molar-refractivity contribution in [3.05, 3.63) is 45.4 Å². The van der Waals surface area contributed by atoms with E-state index in [1.54, 1.807) is 12.3 Å². The summed E-state index contributed by atoms with van der Waals surface area (Å²) < 4.78 is 22.7. The maximum Gasteiger partial charge on any atom is 0.233 e. The molecular weight excluding hydrogens is 436 g/mol. The highest BCUT2D eigenvalue weighted by Crippen LogP contribution is 2.36.